The van der Waals surface area contributed by atoms with Gasteiger partial charge in [0.1, 0.15) is 5.21 Å². The summed E-state index contributed by atoms with van der Waals surface area (Å²) in [5.74, 6) is 0. The number of nitrogens with one attached hydrogen (secondary N) is 2. The molecule has 0 amide bonds. The molecule has 0 fully saturated rings. The highest BCUT2D eigenvalue weighted by Gasteiger charge is 2.12. The largest absolute Gasteiger partial charge is 0.283 e. The van der Waals surface area contributed by atoms with Gasteiger partial charge in [-0.25, -0.2) is 21.6 Å². The Balaban J connectivity index is 2.98. The van der Waals surface area contributed by atoms with E-state index in [4.69, 9.17) is 11.6 Å². The quantitative estimate of drug-likeness (QED) is 0.776. The molecule has 0 unspecified atom stereocenters. The van der Waals surface area contributed by atoms with E-state index < -0.39 is 25.3 Å². The van der Waals surface area contributed by atoms with E-state index in [1.54, 1.807) is 0 Å². The van der Waals surface area contributed by atoms with Crippen molar-refractivity contribution in [1.29, 1.82) is 0 Å². The Bertz CT molecular complexity index is 580. The molecule has 1 aromatic carbocycles. The van der Waals surface area contributed by atoms with Crippen LogP contribution in [-0.4, -0.2) is 29.1 Å². The van der Waals surface area contributed by atoms with Gasteiger partial charge in [-0.1, -0.05) is 0 Å². The molecule has 17 heavy (non-hydrogen) atoms. The smallest absolute Gasteiger partial charge is 0.246 e. The molecule has 1 rings (SSSR count). The SMILES string of the molecule is CNS(=O)(=O)c1ccc(NS(=O)(=O)CCl)cc1. The van der Waals surface area contributed by atoms with Gasteiger partial charge in [-0.05, 0) is 31.3 Å². The van der Waals surface area contributed by atoms with Crippen molar-refractivity contribution in [3.63, 3.8) is 0 Å². The van der Waals surface area contributed by atoms with Crippen molar-refractivity contribution < 1.29 is 16.8 Å². The van der Waals surface area contributed by atoms with Crippen LogP contribution in [0.15, 0.2) is 29.2 Å². The maximum absolute atomic E-state index is 11.4. The van der Waals surface area contributed by atoms with Crippen LogP contribution in [0.2, 0.25) is 0 Å². The van der Waals surface area contributed by atoms with Crippen LogP contribution in [0, 0.1) is 0 Å². The molecule has 0 spiro atoms. The molecule has 96 valence electrons. The number of rotatable bonds is 5. The zero-order chi connectivity index (χ0) is 13.1. The number of halogens is 1. The highest BCUT2D eigenvalue weighted by atomic mass is 35.5. The van der Waals surface area contributed by atoms with Crippen molar-refractivity contribution >= 4 is 37.3 Å². The van der Waals surface area contributed by atoms with Crippen LogP contribution in [0.5, 0.6) is 0 Å². The van der Waals surface area contributed by atoms with Crippen LogP contribution >= 0.6 is 11.6 Å². The molecule has 0 radical (unpaired) electrons. The number of hydrogen-bond acceptors (Lipinski definition) is 4. The van der Waals surface area contributed by atoms with Crippen molar-refractivity contribution in [1.82, 2.24) is 4.72 Å². The molecule has 6 nitrogen and oxygen atoms in total. The average molecular weight is 299 g/mol. The third-order valence-electron chi connectivity index (χ3n) is 1.85. The first-order valence-corrected chi connectivity index (χ1v) is 8.08. The predicted octanol–water partition coefficient (Wildman–Crippen LogP) is 0.533. The van der Waals surface area contributed by atoms with Crippen molar-refractivity contribution in [2.75, 3.05) is 17.0 Å². The van der Waals surface area contributed by atoms with Crippen LogP contribution in [-0.2, 0) is 20.0 Å². The summed E-state index contributed by atoms with van der Waals surface area (Å²) in [6.45, 7) is 0. The molecule has 1 aromatic rings. The van der Waals surface area contributed by atoms with E-state index in [9.17, 15) is 16.8 Å². The molecular formula is C8H11ClN2O4S2. The zero-order valence-electron chi connectivity index (χ0n) is 8.84. The fraction of sp³-hybridized carbons (Fsp3) is 0.250. The van der Waals surface area contributed by atoms with E-state index >= 15 is 0 Å². The van der Waals surface area contributed by atoms with Gasteiger partial charge in [-0.3, -0.25) is 4.72 Å². The fourth-order valence-corrected chi connectivity index (χ4v) is 2.47. The summed E-state index contributed by atoms with van der Waals surface area (Å²) in [6.07, 6.45) is 0. The molecule has 0 atom stereocenters. The van der Waals surface area contributed by atoms with Gasteiger partial charge in [0, 0.05) is 5.69 Å². The van der Waals surface area contributed by atoms with Crippen LogP contribution in [0.4, 0.5) is 5.69 Å². The van der Waals surface area contributed by atoms with Crippen molar-refractivity contribution in [3.05, 3.63) is 24.3 Å². The molecule has 2 N–H and O–H groups in total. The molecule has 0 aliphatic carbocycles. The third kappa shape index (κ3) is 3.84. The van der Waals surface area contributed by atoms with Gasteiger partial charge < -0.3 is 0 Å². The fourth-order valence-electron chi connectivity index (χ4n) is 1.03. The summed E-state index contributed by atoms with van der Waals surface area (Å²) < 4.78 is 49.4. The van der Waals surface area contributed by atoms with Crippen molar-refractivity contribution in [2.24, 2.45) is 0 Å². The minimum absolute atomic E-state index is 0.0498. The Morgan fingerprint density at radius 3 is 2.06 bits per heavy atom. The topological polar surface area (TPSA) is 92.3 Å². The standard InChI is InChI=1S/C8H11ClN2O4S2/c1-10-17(14,15)8-4-2-7(3-5-8)11-16(12,13)6-9/h2-5,10-11H,6H2,1H3. The zero-order valence-corrected chi connectivity index (χ0v) is 11.2. The van der Waals surface area contributed by atoms with Crippen LogP contribution < -0.4 is 9.44 Å². The third-order valence-corrected chi connectivity index (χ3v) is 4.98. The van der Waals surface area contributed by atoms with E-state index in [2.05, 4.69) is 9.44 Å². The minimum atomic E-state index is -3.58. The van der Waals surface area contributed by atoms with Crippen LogP contribution in [0.25, 0.3) is 0 Å². The second-order valence-electron chi connectivity index (χ2n) is 3.06. The van der Waals surface area contributed by atoms with Gasteiger partial charge in [-0.15, -0.1) is 11.6 Å². The first-order valence-electron chi connectivity index (χ1n) is 4.41. The summed E-state index contributed by atoms with van der Waals surface area (Å²) in [7, 11) is -5.80. The maximum atomic E-state index is 11.4. The Kier molecular flexibility index (Phi) is 4.36. The summed E-state index contributed by atoms with van der Waals surface area (Å²) in [4.78, 5) is 0.0498. The van der Waals surface area contributed by atoms with Gasteiger partial charge in [-0.2, -0.15) is 0 Å². The number of hydrogen-bond donors (Lipinski definition) is 2. The normalized spacial score (nSPS) is 12.4. The lowest BCUT2D eigenvalue weighted by Crippen LogP contribution is -2.18. The predicted molar refractivity (Wildman–Crippen MR) is 66.0 cm³/mol. The molecule has 0 aliphatic heterocycles. The van der Waals surface area contributed by atoms with E-state index in [0.717, 1.165) is 0 Å². The van der Waals surface area contributed by atoms with Crippen LogP contribution in [0.3, 0.4) is 0 Å². The monoisotopic (exact) mass is 298 g/mol. The second kappa shape index (κ2) is 5.21. The molecule has 9 heteroatoms. The van der Waals surface area contributed by atoms with Crippen LogP contribution in [0.1, 0.15) is 0 Å². The molecule has 0 saturated heterocycles. The van der Waals surface area contributed by atoms with Gasteiger partial charge in [0.2, 0.25) is 20.0 Å². The summed E-state index contributed by atoms with van der Waals surface area (Å²) in [5.41, 5.74) is 0.251. The summed E-state index contributed by atoms with van der Waals surface area (Å²) in [5, 5.41) is -0.566. The lowest BCUT2D eigenvalue weighted by atomic mass is 10.3. The van der Waals surface area contributed by atoms with E-state index in [1.807, 2.05) is 0 Å². The molecule has 0 saturated carbocycles. The molecule has 0 aromatic heterocycles. The Labute approximate surface area is 105 Å². The highest BCUT2D eigenvalue weighted by molar-refractivity contribution is 7.93. The molecule has 0 heterocycles. The molecule has 0 bridgehead atoms. The second-order valence-corrected chi connectivity index (χ2v) is 7.25. The van der Waals surface area contributed by atoms with E-state index in [0.29, 0.717) is 0 Å². The Hall–Kier alpha value is -0.830. The lowest BCUT2D eigenvalue weighted by molar-refractivity contribution is 0.588. The number of benzene rings is 1. The first-order chi connectivity index (χ1) is 7.80. The lowest BCUT2D eigenvalue weighted by Gasteiger charge is -2.06. The molecular weight excluding hydrogens is 288 g/mol. The Morgan fingerprint density at radius 2 is 1.65 bits per heavy atom. The highest BCUT2D eigenvalue weighted by Crippen LogP contribution is 2.15. The maximum Gasteiger partial charge on any atom is 0.246 e. The van der Waals surface area contributed by atoms with Crippen molar-refractivity contribution in [2.45, 2.75) is 4.90 Å². The average Bonchev–Trinajstić information content (AvgIpc) is 2.29. The van der Waals surface area contributed by atoms with Gasteiger partial charge in [0.25, 0.3) is 0 Å². The van der Waals surface area contributed by atoms with Gasteiger partial charge in [0.05, 0.1) is 4.90 Å². The first kappa shape index (κ1) is 14.2. The van der Waals surface area contributed by atoms with Crippen molar-refractivity contribution in [3.8, 4) is 0 Å². The molecule has 0 aliphatic rings. The Morgan fingerprint density at radius 1 is 1.12 bits per heavy atom. The van der Waals surface area contributed by atoms with E-state index in [-0.39, 0.29) is 10.6 Å². The number of sulfonamides is 2. The number of alkyl halides is 1. The van der Waals surface area contributed by atoms with E-state index in [1.165, 1.54) is 31.3 Å². The van der Waals surface area contributed by atoms with Gasteiger partial charge >= 0.3 is 0 Å². The summed E-state index contributed by atoms with van der Waals surface area (Å²) >= 11 is 5.21. The van der Waals surface area contributed by atoms with Gasteiger partial charge in [0.15, 0.2) is 0 Å². The summed E-state index contributed by atoms with van der Waals surface area (Å²) in [6, 6.07) is 5.26. The number of anilines is 1. The minimum Gasteiger partial charge on any atom is -0.283 e.